The Balaban J connectivity index is 1.88. The van der Waals surface area contributed by atoms with Gasteiger partial charge in [0.15, 0.2) is 0 Å². The molecule has 108 valence electrons. The van der Waals surface area contributed by atoms with E-state index >= 15 is 0 Å². The van der Waals surface area contributed by atoms with Crippen molar-refractivity contribution in [3.63, 3.8) is 0 Å². The Morgan fingerprint density at radius 1 is 1.00 bits per heavy atom. The number of rotatable bonds is 3. The molecule has 2 amide bonds. The highest BCUT2D eigenvalue weighted by atomic mass is 79.9. The van der Waals surface area contributed by atoms with Crippen LogP contribution in [-0.4, -0.2) is 16.9 Å². The van der Waals surface area contributed by atoms with Gasteiger partial charge in [-0.05, 0) is 45.8 Å². The van der Waals surface area contributed by atoms with Crippen LogP contribution in [0.2, 0.25) is 0 Å². The van der Waals surface area contributed by atoms with Crippen molar-refractivity contribution in [2.45, 2.75) is 6.42 Å². The summed E-state index contributed by atoms with van der Waals surface area (Å²) in [5.41, 5.74) is 5.87. The monoisotopic (exact) mass is 348 g/mol. The molecule has 0 fully saturated rings. The zero-order valence-corrected chi connectivity index (χ0v) is 12.6. The maximum absolute atomic E-state index is 11.9. The minimum absolute atomic E-state index is 0.108. The van der Waals surface area contributed by atoms with Gasteiger partial charge < -0.3 is 5.11 Å². The highest BCUT2D eigenvalue weighted by Crippen LogP contribution is 2.15. The van der Waals surface area contributed by atoms with E-state index in [1.807, 2.05) is 0 Å². The van der Waals surface area contributed by atoms with Gasteiger partial charge in [0.2, 0.25) is 5.91 Å². The van der Waals surface area contributed by atoms with E-state index in [-0.39, 0.29) is 18.1 Å². The number of halogens is 1. The standard InChI is InChI=1S/C15H13BrN2O3/c16-13-4-2-1-3-12(13)15(21)18-17-14(20)9-10-5-7-11(19)8-6-10/h1-8,19H,9H2,(H,17,20)(H,18,21). The van der Waals surface area contributed by atoms with Crippen LogP contribution in [0.4, 0.5) is 0 Å². The third-order valence-corrected chi connectivity index (χ3v) is 3.43. The molecule has 0 aromatic heterocycles. The number of carbonyl (C=O) groups is 2. The van der Waals surface area contributed by atoms with Gasteiger partial charge in [-0.2, -0.15) is 0 Å². The molecule has 0 radical (unpaired) electrons. The molecule has 3 N–H and O–H groups in total. The molecule has 0 aliphatic carbocycles. The van der Waals surface area contributed by atoms with Crippen LogP contribution in [0.25, 0.3) is 0 Å². The van der Waals surface area contributed by atoms with Crippen LogP contribution in [0, 0.1) is 0 Å². The summed E-state index contributed by atoms with van der Waals surface area (Å²) in [4.78, 5) is 23.6. The van der Waals surface area contributed by atoms with Crippen LogP contribution in [0.15, 0.2) is 53.0 Å². The van der Waals surface area contributed by atoms with Crippen molar-refractivity contribution in [1.82, 2.24) is 10.9 Å². The summed E-state index contributed by atoms with van der Waals surface area (Å²) in [6.45, 7) is 0. The third-order valence-electron chi connectivity index (χ3n) is 2.73. The molecule has 6 heteroatoms. The summed E-state index contributed by atoms with van der Waals surface area (Å²) < 4.78 is 0.648. The predicted octanol–water partition coefficient (Wildman–Crippen LogP) is 2.16. The van der Waals surface area contributed by atoms with Crippen LogP contribution in [-0.2, 0) is 11.2 Å². The molecule has 0 spiro atoms. The number of nitrogens with one attached hydrogen (secondary N) is 2. The molecular weight excluding hydrogens is 336 g/mol. The minimum atomic E-state index is -0.401. The van der Waals surface area contributed by atoms with Gasteiger partial charge in [0.25, 0.3) is 5.91 Å². The van der Waals surface area contributed by atoms with E-state index in [0.29, 0.717) is 10.0 Å². The minimum Gasteiger partial charge on any atom is -0.508 e. The van der Waals surface area contributed by atoms with Gasteiger partial charge in [-0.1, -0.05) is 24.3 Å². The van der Waals surface area contributed by atoms with Crippen molar-refractivity contribution in [1.29, 1.82) is 0 Å². The number of carbonyl (C=O) groups excluding carboxylic acids is 2. The average Bonchev–Trinajstić information content (AvgIpc) is 2.48. The van der Waals surface area contributed by atoms with Gasteiger partial charge in [-0.25, -0.2) is 0 Å². The third kappa shape index (κ3) is 4.32. The molecule has 0 aliphatic heterocycles. The first-order valence-corrected chi connectivity index (χ1v) is 6.97. The molecule has 2 aromatic carbocycles. The number of hydrazine groups is 1. The van der Waals surface area contributed by atoms with Crippen LogP contribution in [0.3, 0.4) is 0 Å². The summed E-state index contributed by atoms with van der Waals surface area (Å²) in [5, 5.41) is 9.16. The van der Waals surface area contributed by atoms with Crippen molar-refractivity contribution < 1.29 is 14.7 Å². The fraction of sp³-hybridized carbons (Fsp3) is 0.0667. The first kappa shape index (κ1) is 15.1. The Kier molecular flexibility index (Phi) is 4.94. The first-order chi connectivity index (χ1) is 10.1. The largest absolute Gasteiger partial charge is 0.508 e. The van der Waals surface area contributed by atoms with Gasteiger partial charge in [-0.15, -0.1) is 0 Å². The van der Waals surface area contributed by atoms with E-state index in [9.17, 15) is 9.59 Å². The maximum Gasteiger partial charge on any atom is 0.270 e. The molecule has 21 heavy (non-hydrogen) atoms. The molecule has 0 bridgehead atoms. The molecule has 0 unspecified atom stereocenters. The molecule has 2 rings (SSSR count). The second-order valence-corrected chi connectivity index (χ2v) is 5.18. The fourth-order valence-corrected chi connectivity index (χ4v) is 2.15. The van der Waals surface area contributed by atoms with E-state index < -0.39 is 5.91 Å². The van der Waals surface area contributed by atoms with Gasteiger partial charge in [0.05, 0.1) is 12.0 Å². The van der Waals surface area contributed by atoms with E-state index in [2.05, 4.69) is 26.8 Å². The zero-order valence-electron chi connectivity index (χ0n) is 11.0. The van der Waals surface area contributed by atoms with Crippen LogP contribution in [0.5, 0.6) is 5.75 Å². The summed E-state index contributed by atoms with van der Waals surface area (Å²) in [5.74, 6) is -0.607. The number of phenolic OH excluding ortho intramolecular Hbond substituents is 1. The zero-order chi connectivity index (χ0) is 15.2. The topological polar surface area (TPSA) is 78.4 Å². The lowest BCUT2D eigenvalue weighted by molar-refractivity contribution is -0.121. The lowest BCUT2D eigenvalue weighted by Gasteiger charge is -2.08. The predicted molar refractivity (Wildman–Crippen MR) is 81.6 cm³/mol. The summed E-state index contributed by atoms with van der Waals surface area (Å²) in [7, 11) is 0. The Hall–Kier alpha value is -2.34. The van der Waals surface area contributed by atoms with Crippen LogP contribution >= 0.6 is 15.9 Å². The van der Waals surface area contributed by atoms with Crippen molar-refractivity contribution >= 4 is 27.7 Å². The number of benzene rings is 2. The maximum atomic E-state index is 11.9. The summed E-state index contributed by atoms with van der Waals surface area (Å²) in [6.07, 6.45) is 0.108. The number of amides is 2. The normalized spacial score (nSPS) is 9.95. The molecule has 0 saturated carbocycles. The van der Waals surface area contributed by atoms with E-state index in [0.717, 1.165) is 5.56 Å². The van der Waals surface area contributed by atoms with Crippen LogP contribution in [0.1, 0.15) is 15.9 Å². The van der Waals surface area contributed by atoms with Crippen LogP contribution < -0.4 is 10.9 Å². The highest BCUT2D eigenvalue weighted by Gasteiger charge is 2.10. The molecular formula is C15H13BrN2O3. The van der Waals surface area contributed by atoms with Crippen molar-refractivity contribution in [3.05, 3.63) is 64.1 Å². The van der Waals surface area contributed by atoms with E-state index in [1.54, 1.807) is 36.4 Å². The van der Waals surface area contributed by atoms with Gasteiger partial charge >= 0.3 is 0 Å². The molecule has 0 heterocycles. The number of hydrogen-bond donors (Lipinski definition) is 3. The first-order valence-electron chi connectivity index (χ1n) is 6.18. The van der Waals surface area contributed by atoms with E-state index in [4.69, 9.17) is 5.11 Å². The SMILES string of the molecule is O=C(Cc1ccc(O)cc1)NNC(=O)c1ccccc1Br. The quantitative estimate of drug-likeness (QED) is 0.743. The van der Waals surface area contributed by atoms with Crippen molar-refractivity contribution in [2.24, 2.45) is 0 Å². The second-order valence-electron chi connectivity index (χ2n) is 4.33. The Morgan fingerprint density at radius 2 is 1.67 bits per heavy atom. The molecule has 2 aromatic rings. The Labute approximate surface area is 130 Å². The lowest BCUT2D eigenvalue weighted by atomic mass is 10.1. The van der Waals surface area contributed by atoms with Gasteiger partial charge in [0.1, 0.15) is 5.75 Å². The Bertz CT molecular complexity index is 656. The van der Waals surface area contributed by atoms with Crippen molar-refractivity contribution in [2.75, 3.05) is 0 Å². The average molecular weight is 349 g/mol. The smallest absolute Gasteiger partial charge is 0.270 e. The summed E-state index contributed by atoms with van der Waals surface area (Å²) >= 11 is 3.27. The summed E-state index contributed by atoms with van der Waals surface area (Å²) in [6, 6.07) is 13.2. The number of aromatic hydroxyl groups is 1. The molecule has 0 aliphatic rings. The molecule has 0 saturated heterocycles. The molecule has 0 atom stereocenters. The van der Waals surface area contributed by atoms with Gasteiger partial charge in [-0.3, -0.25) is 20.4 Å². The highest BCUT2D eigenvalue weighted by molar-refractivity contribution is 9.10. The number of hydrogen-bond acceptors (Lipinski definition) is 3. The molecule has 5 nitrogen and oxygen atoms in total. The van der Waals surface area contributed by atoms with Crippen molar-refractivity contribution in [3.8, 4) is 5.75 Å². The van der Waals surface area contributed by atoms with Gasteiger partial charge in [0, 0.05) is 4.47 Å². The lowest BCUT2D eigenvalue weighted by Crippen LogP contribution is -2.42. The van der Waals surface area contributed by atoms with E-state index in [1.165, 1.54) is 12.1 Å². The number of phenols is 1. The second kappa shape index (κ2) is 6.90. The fourth-order valence-electron chi connectivity index (χ4n) is 1.68. The Morgan fingerprint density at radius 3 is 2.33 bits per heavy atom.